The maximum Gasteiger partial charge on any atom is 0.246 e. The van der Waals surface area contributed by atoms with Crippen molar-refractivity contribution < 1.29 is 28.5 Å². The summed E-state index contributed by atoms with van der Waals surface area (Å²) in [6.07, 6.45) is 4.70. The van der Waals surface area contributed by atoms with Crippen LogP contribution < -0.4 is 14.4 Å². The van der Waals surface area contributed by atoms with Crippen LogP contribution in [0.3, 0.4) is 0 Å². The van der Waals surface area contributed by atoms with Gasteiger partial charge in [0.05, 0.1) is 23.3 Å². The number of ketones is 1. The summed E-state index contributed by atoms with van der Waals surface area (Å²) < 4.78 is 57.1. The van der Waals surface area contributed by atoms with Gasteiger partial charge < -0.3 is 14.5 Å². The number of amides is 1. The number of anilines is 2. The van der Waals surface area contributed by atoms with Crippen molar-refractivity contribution in [2.24, 2.45) is 0 Å². The third-order valence-electron chi connectivity index (χ3n) is 6.59. The number of hydrogen-bond acceptors (Lipinski definition) is 9. The van der Waals surface area contributed by atoms with E-state index in [0.717, 1.165) is 0 Å². The summed E-state index contributed by atoms with van der Waals surface area (Å²) in [6.45, 7) is 2.64. The first-order valence-electron chi connectivity index (χ1n) is 12.8. The van der Waals surface area contributed by atoms with E-state index in [-0.39, 0.29) is 51.8 Å². The predicted molar refractivity (Wildman–Crippen MR) is 143 cm³/mol. The number of halogens is 1. The van der Waals surface area contributed by atoms with E-state index in [1.54, 1.807) is 15.9 Å². The molecule has 2 aromatic heterocycles. The summed E-state index contributed by atoms with van der Waals surface area (Å²) >= 11 is 0. The number of sulfonamides is 1. The van der Waals surface area contributed by atoms with Crippen molar-refractivity contribution in [1.29, 1.82) is 0 Å². The lowest BCUT2D eigenvalue weighted by molar-refractivity contribution is -0.126. The Morgan fingerprint density at radius 3 is 2.56 bits per heavy atom. The molecule has 5 rings (SSSR count). The minimum Gasteiger partial charge on any atom is -0.480 e. The number of allylic oxidation sites excluding steroid dienone is 1. The highest BCUT2D eigenvalue weighted by Gasteiger charge is 2.36. The molecule has 0 bridgehead atoms. The van der Waals surface area contributed by atoms with E-state index in [4.69, 9.17) is 6.11 Å². The molecule has 2 fully saturated rings. The van der Waals surface area contributed by atoms with Crippen LogP contribution >= 0.6 is 0 Å². The van der Waals surface area contributed by atoms with E-state index in [1.807, 2.05) is 0 Å². The fraction of sp³-hybridized carbons (Fsp3) is 0.346. The molecular weight excluding hydrogens is 527 g/mol. The Bertz CT molecular complexity index is 1640. The lowest BCUT2D eigenvalue weighted by atomic mass is 10.0. The summed E-state index contributed by atoms with van der Waals surface area (Å²) in [4.78, 5) is 39.4. The molecule has 2 aliphatic rings. The normalized spacial score (nSPS) is 16.4. The Hall–Kier alpha value is -4.13. The van der Waals surface area contributed by atoms with Crippen LogP contribution in [0.25, 0.3) is 22.0 Å². The lowest BCUT2D eigenvalue weighted by Gasteiger charge is -2.35. The number of carbonyl (C=O) groups excluding carboxylic acids is 2. The van der Waals surface area contributed by atoms with Gasteiger partial charge in [0, 0.05) is 49.6 Å². The molecule has 0 spiro atoms. The van der Waals surface area contributed by atoms with Crippen LogP contribution in [-0.4, -0.2) is 78.5 Å². The first-order valence-corrected chi connectivity index (χ1v) is 13.9. The van der Waals surface area contributed by atoms with Crippen molar-refractivity contribution in [3.05, 3.63) is 48.7 Å². The second-order valence-electron chi connectivity index (χ2n) is 9.35. The standard InChI is InChI=1S/C26H27FN6O5S/c1-16(34)3-8-22(35)32-9-11-33(12-10-32)25-23-20(29-15-30-25)7-6-19(24(23)27)17-13-21(26(38-2)28-14-17)31-39(36,37)18-4-5-18/h3,6-8,13-15,18,31H,4-5,9-12H2,1-2H3/b8-3+/i15D. The molecule has 3 heterocycles. The number of rotatable bonds is 8. The van der Waals surface area contributed by atoms with Crippen molar-refractivity contribution in [2.45, 2.75) is 25.0 Å². The van der Waals surface area contributed by atoms with Crippen molar-refractivity contribution in [3.8, 4) is 17.0 Å². The second kappa shape index (κ2) is 10.6. The Labute approximate surface area is 226 Å². The van der Waals surface area contributed by atoms with Crippen LogP contribution in [0.1, 0.15) is 21.1 Å². The monoisotopic (exact) mass is 555 g/mol. The number of ether oxygens (including phenoxy) is 1. The Morgan fingerprint density at radius 1 is 1.15 bits per heavy atom. The van der Waals surface area contributed by atoms with Crippen molar-refractivity contribution in [2.75, 3.05) is 42.9 Å². The zero-order chi connectivity index (χ0) is 28.6. The number of pyridine rings is 1. The molecule has 0 radical (unpaired) electrons. The molecule has 1 amide bonds. The van der Waals surface area contributed by atoms with Crippen LogP contribution in [0.4, 0.5) is 15.9 Å². The van der Waals surface area contributed by atoms with E-state index in [1.165, 1.54) is 44.5 Å². The zero-order valence-electron chi connectivity index (χ0n) is 22.3. The molecule has 1 saturated heterocycles. The summed E-state index contributed by atoms with van der Waals surface area (Å²) in [5, 5.41) is -0.376. The predicted octanol–water partition coefficient (Wildman–Crippen LogP) is 2.54. The highest BCUT2D eigenvalue weighted by molar-refractivity contribution is 7.93. The molecule has 11 nitrogen and oxygen atoms in total. The van der Waals surface area contributed by atoms with Crippen LogP contribution in [-0.2, 0) is 19.6 Å². The average Bonchev–Trinajstić information content (AvgIpc) is 3.78. The summed E-state index contributed by atoms with van der Waals surface area (Å²) in [6, 6.07) is 4.53. The number of hydrogen-bond donors (Lipinski definition) is 1. The number of nitrogens with zero attached hydrogens (tertiary/aromatic N) is 5. The van der Waals surface area contributed by atoms with E-state index in [2.05, 4.69) is 19.7 Å². The largest absolute Gasteiger partial charge is 0.480 e. The highest BCUT2D eigenvalue weighted by Crippen LogP contribution is 2.37. The van der Waals surface area contributed by atoms with Gasteiger partial charge in [0.15, 0.2) is 5.78 Å². The summed E-state index contributed by atoms with van der Waals surface area (Å²) in [5.74, 6) is -0.900. The van der Waals surface area contributed by atoms with Gasteiger partial charge in [0.2, 0.25) is 21.8 Å². The van der Waals surface area contributed by atoms with E-state index < -0.39 is 21.1 Å². The fourth-order valence-corrected chi connectivity index (χ4v) is 5.76. The number of nitrogens with one attached hydrogen (secondary N) is 1. The molecule has 0 unspecified atom stereocenters. The topological polar surface area (TPSA) is 135 Å². The van der Waals surface area contributed by atoms with Gasteiger partial charge in [0.25, 0.3) is 0 Å². The molecule has 3 aromatic rings. The molecule has 1 aliphatic heterocycles. The van der Waals surface area contributed by atoms with Crippen molar-refractivity contribution in [1.82, 2.24) is 19.9 Å². The number of fused-ring (bicyclic) bond motifs is 1. The molecule has 13 heteroatoms. The van der Waals surface area contributed by atoms with Crippen LogP contribution in [0.15, 0.2) is 42.9 Å². The van der Waals surface area contributed by atoms with Gasteiger partial charge in [-0.1, -0.05) is 0 Å². The minimum atomic E-state index is -3.62. The molecule has 1 N–H and O–H groups in total. The van der Waals surface area contributed by atoms with Crippen LogP contribution in [0, 0.1) is 5.82 Å². The van der Waals surface area contributed by atoms with Gasteiger partial charge >= 0.3 is 0 Å². The van der Waals surface area contributed by atoms with Gasteiger partial charge in [-0.25, -0.2) is 27.8 Å². The van der Waals surface area contributed by atoms with Gasteiger partial charge in [-0.15, -0.1) is 0 Å². The SMILES string of the molecule is [2H]c1nc(N2CCN(C(=O)/C=C/C(C)=O)CC2)c2c(F)c(-c3cnc(OC)c(NS(=O)(=O)C4CC4)c3)ccc2n1. The number of aromatic nitrogens is 3. The molecule has 39 heavy (non-hydrogen) atoms. The Kier molecular flexibility index (Phi) is 6.81. The zero-order valence-corrected chi connectivity index (χ0v) is 22.2. The minimum absolute atomic E-state index is 0.0580. The second-order valence-corrected chi connectivity index (χ2v) is 11.3. The smallest absolute Gasteiger partial charge is 0.246 e. The number of carbonyl (C=O) groups is 2. The Balaban J connectivity index is 1.49. The first-order chi connectivity index (χ1) is 19.1. The highest BCUT2D eigenvalue weighted by atomic mass is 32.2. The molecule has 1 aliphatic carbocycles. The van der Waals surface area contributed by atoms with Gasteiger partial charge in [-0.2, -0.15) is 0 Å². The van der Waals surface area contributed by atoms with Crippen LogP contribution in [0.5, 0.6) is 5.88 Å². The lowest BCUT2D eigenvalue weighted by Crippen LogP contribution is -2.48. The van der Waals surface area contributed by atoms with Gasteiger partial charge in [-0.05, 0) is 44.0 Å². The quantitative estimate of drug-likeness (QED) is 0.416. The summed E-state index contributed by atoms with van der Waals surface area (Å²) in [5.41, 5.74) is 0.779. The van der Waals surface area contributed by atoms with Crippen molar-refractivity contribution >= 4 is 44.1 Å². The van der Waals surface area contributed by atoms with E-state index in [0.29, 0.717) is 44.6 Å². The maximum atomic E-state index is 16.2. The van der Waals surface area contributed by atoms with Crippen molar-refractivity contribution in [3.63, 3.8) is 0 Å². The number of methoxy groups -OCH3 is 1. The third kappa shape index (κ3) is 5.53. The summed E-state index contributed by atoms with van der Waals surface area (Å²) in [7, 11) is -2.26. The number of piperazine rings is 1. The Morgan fingerprint density at radius 2 is 1.90 bits per heavy atom. The third-order valence-corrected chi connectivity index (χ3v) is 8.45. The molecule has 1 saturated carbocycles. The van der Waals surface area contributed by atoms with Crippen LogP contribution in [0.2, 0.25) is 0 Å². The molecule has 204 valence electrons. The molecule has 1 aromatic carbocycles. The van der Waals surface area contributed by atoms with E-state index in [9.17, 15) is 18.0 Å². The average molecular weight is 556 g/mol. The molecular formula is C26H27FN6O5S. The van der Waals surface area contributed by atoms with Gasteiger partial charge in [0.1, 0.15) is 25.0 Å². The molecule has 0 atom stereocenters. The first kappa shape index (κ1) is 25.2. The van der Waals surface area contributed by atoms with Gasteiger partial charge in [-0.3, -0.25) is 14.3 Å². The number of benzene rings is 1. The van der Waals surface area contributed by atoms with E-state index >= 15 is 4.39 Å². The maximum absolute atomic E-state index is 16.2. The fourth-order valence-electron chi connectivity index (χ4n) is 4.39.